The zero-order chi connectivity index (χ0) is 24.0. The molecular formula is C25H34N2O4S2. The summed E-state index contributed by atoms with van der Waals surface area (Å²) < 4.78 is 34.8. The lowest BCUT2D eigenvalue weighted by Gasteiger charge is -2.22. The van der Waals surface area contributed by atoms with Gasteiger partial charge in [0.2, 0.25) is 10.0 Å². The molecule has 1 N–H and O–H groups in total. The Morgan fingerprint density at radius 1 is 1.12 bits per heavy atom. The predicted molar refractivity (Wildman–Crippen MR) is 134 cm³/mol. The summed E-state index contributed by atoms with van der Waals surface area (Å²) in [6, 6.07) is 10.2. The van der Waals surface area contributed by atoms with Crippen LogP contribution in [-0.2, 0) is 10.0 Å². The summed E-state index contributed by atoms with van der Waals surface area (Å²) in [7, 11) is -2.21. The van der Waals surface area contributed by atoms with Crippen molar-refractivity contribution in [2.24, 2.45) is 0 Å². The van der Waals surface area contributed by atoms with Crippen molar-refractivity contribution in [1.29, 1.82) is 0 Å². The Morgan fingerprint density at radius 2 is 1.82 bits per heavy atom. The van der Waals surface area contributed by atoms with Gasteiger partial charge in [-0.05, 0) is 67.8 Å². The lowest BCUT2D eigenvalue weighted by molar-refractivity contribution is 0.0758. The molecule has 0 aromatic heterocycles. The fraction of sp³-hybridized carbons (Fsp3) is 0.480. The van der Waals surface area contributed by atoms with Crippen molar-refractivity contribution in [3.8, 4) is 5.75 Å². The molecule has 0 bridgehead atoms. The third-order valence-corrected chi connectivity index (χ3v) is 8.40. The van der Waals surface area contributed by atoms with Crippen LogP contribution in [0.2, 0.25) is 0 Å². The molecule has 0 aliphatic carbocycles. The van der Waals surface area contributed by atoms with Gasteiger partial charge in [-0.15, -0.1) is 11.8 Å². The fourth-order valence-corrected chi connectivity index (χ4v) is 6.13. The Bertz CT molecular complexity index is 1080. The monoisotopic (exact) mass is 490 g/mol. The smallest absolute Gasteiger partial charge is 0.255 e. The van der Waals surface area contributed by atoms with Gasteiger partial charge < -0.3 is 9.64 Å². The van der Waals surface area contributed by atoms with E-state index in [1.54, 1.807) is 19.2 Å². The van der Waals surface area contributed by atoms with Gasteiger partial charge in [0.05, 0.1) is 17.6 Å². The lowest BCUT2D eigenvalue weighted by atomic mass is 10.0. The van der Waals surface area contributed by atoms with Crippen LogP contribution < -0.4 is 9.46 Å². The van der Waals surface area contributed by atoms with Crippen LogP contribution in [0.25, 0.3) is 0 Å². The molecule has 0 radical (unpaired) electrons. The zero-order valence-corrected chi connectivity index (χ0v) is 21.5. The van der Waals surface area contributed by atoms with Gasteiger partial charge in [0.1, 0.15) is 5.75 Å². The maximum absolute atomic E-state index is 13.3. The summed E-state index contributed by atoms with van der Waals surface area (Å²) in [4.78, 5) is 16.1. The summed E-state index contributed by atoms with van der Waals surface area (Å²) in [6.45, 7) is 5.32. The number of carbonyl (C=O) groups excluding carboxylic acids is 1. The third kappa shape index (κ3) is 6.11. The number of ether oxygens (including phenoxy) is 1. The fourth-order valence-electron chi connectivity index (χ4n) is 4.23. The molecule has 2 aromatic carbocycles. The minimum Gasteiger partial charge on any atom is -0.496 e. The first-order valence-electron chi connectivity index (χ1n) is 11.4. The summed E-state index contributed by atoms with van der Waals surface area (Å²) >= 11 is 1.46. The first kappa shape index (κ1) is 25.6. The largest absolute Gasteiger partial charge is 0.496 e. The van der Waals surface area contributed by atoms with Gasteiger partial charge in [-0.1, -0.05) is 31.9 Å². The van der Waals surface area contributed by atoms with Gasteiger partial charge in [0, 0.05) is 24.0 Å². The van der Waals surface area contributed by atoms with Crippen molar-refractivity contribution in [2.75, 3.05) is 26.5 Å². The molecule has 1 unspecified atom stereocenters. The Balaban J connectivity index is 1.89. The second-order valence-corrected chi connectivity index (χ2v) is 10.9. The highest BCUT2D eigenvalue weighted by molar-refractivity contribution is 7.98. The molecule has 1 saturated heterocycles. The number of amides is 1. The van der Waals surface area contributed by atoms with Crippen LogP contribution in [0.1, 0.15) is 66.6 Å². The first-order chi connectivity index (χ1) is 15.8. The van der Waals surface area contributed by atoms with Crippen LogP contribution in [0.3, 0.4) is 0 Å². The molecule has 3 rings (SSSR count). The molecule has 1 fully saturated rings. The molecule has 2 aromatic rings. The van der Waals surface area contributed by atoms with Crippen molar-refractivity contribution >= 4 is 27.7 Å². The Hall–Kier alpha value is -2.03. The zero-order valence-electron chi connectivity index (χ0n) is 19.9. The van der Waals surface area contributed by atoms with Crippen LogP contribution in [0.15, 0.2) is 46.2 Å². The van der Waals surface area contributed by atoms with Gasteiger partial charge in [0.25, 0.3) is 5.91 Å². The predicted octanol–water partition coefficient (Wildman–Crippen LogP) is 5.17. The van der Waals surface area contributed by atoms with Gasteiger partial charge in [0.15, 0.2) is 0 Å². The van der Waals surface area contributed by atoms with E-state index in [0.717, 1.165) is 60.5 Å². The quantitative estimate of drug-likeness (QED) is 0.517. The highest BCUT2D eigenvalue weighted by Crippen LogP contribution is 2.29. The number of nitrogens with one attached hydrogen (secondary N) is 1. The van der Waals surface area contributed by atoms with Crippen LogP contribution in [0.5, 0.6) is 5.75 Å². The average Bonchev–Trinajstić information content (AvgIpc) is 3.11. The van der Waals surface area contributed by atoms with Gasteiger partial charge in [-0.25, -0.2) is 13.1 Å². The summed E-state index contributed by atoms with van der Waals surface area (Å²) in [5, 5.41) is 0. The highest BCUT2D eigenvalue weighted by atomic mass is 32.2. The number of benzene rings is 2. The van der Waals surface area contributed by atoms with Crippen LogP contribution >= 0.6 is 11.8 Å². The number of thioether (sulfide) groups is 1. The second-order valence-electron chi connectivity index (χ2n) is 8.38. The Morgan fingerprint density at radius 3 is 2.39 bits per heavy atom. The molecule has 0 spiro atoms. The SMILES string of the molecule is CCC(NS(=O)(=O)c1ccc(SC)c(C(=O)N2CCCCCC2)c1)c1ccc(OC)c(C)c1. The minimum atomic E-state index is -3.83. The van der Waals surface area contributed by atoms with E-state index in [2.05, 4.69) is 4.72 Å². The highest BCUT2D eigenvalue weighted by Gasteiger charge is 2.25. The van der Waals surface area contributed by atoms with Crippen LogP contribution in [-0.4, -0.2) is 45.7 Å². The van der Waals surface area contributed by atoms with Gasteiger partial charge in [-0.2, -0.15) is 0 Å². The molecule has 180 valence electrons. The number of methoxy groups -OCH3 is 1. The molecule has 1 aliphatic heterocycles. The van der Waals surface area contributed by atoms with Crippen LogP contribution in [0.4, 0.5) is 0 Å². The van der Waals surface area contributed by atoms with E-state index in [0.29, 0.717) is 12.0 Å². The molecular weight excluding hydrogens is 456 g/mol. The summed E-state index contributed by atoms with van der Waals surface area (Å²) in [5.74, 6) is 0.678. The third-order valence-electron chi connectivity index (χ3n) is 6.13. The molecule has 6 nitrogen and oxygen atoms in total. The van der Waals surface area contributed by atoms with E-state index in [9.17, 15) is 13.2 Å². The molecule has 1 amide bonds. The van der Waals surface area contributed by atoms with Crippen molar-refractivity contribution < 1.29 is 17.9 Å². The number of likely N-dealkylation sites (tertiary alicyclic amines) is 1. The Kier molecular flexibility index (Phi) is 8.84. The number of rotatable bonds is 8. The van der Waals surface area contributed by atoms with E-state index >= 15 is 0 Å². The molecule has 1 atom stereocenters. The van der Waals surface area contributed by atoms with E-state index in [4.69, 9.17) is 4.74 Å². The number of sulfonamides is 1. The topological polar surface area (TPSA) is 75.7 Å². The molecule has 1 heterocycles. The van der Waals surface area contributed by atoms with Crippen molar-refractivity contribution in [1.82, 2.24) is 9.62 Å². The van der Waals surface area contributed by atoms with Gasteiger partial charge >= 0.3 is 0 Å². The first-order valence-corrected chi connectivity index (χ1v) is 14.2. The van der Waals surface area contributed by atoms with E-state index in [1.807, 2.05) is 43.2 Å². The summed E-state index contributed by atoms with van der Waals surface area (Å²) in [6.07, 6.45) is 6.72. The van der Waals surface area contributed by atoms with Crippen molar-refractivity contribution in [2.45, 2.75) is 61.8 Å². The van der Waals surface area contributed by atoms with E-state index in [1.165, 1.54) is 17.8 Å². The molecule has 8 heteroatoms. The normalized spacial score (nSPS) is 15.7. The number of hydrogen-bond acceptors (Lipinski definition) is 5. The maximum Gasteiger partial charge on any atom is 0.255 e. The molecule has 0 saturated carbocycles. The number of carbonyl (C=O) groups is 1. The van der Waals surface area contributed by atoms with E-state index in [-0.39, 0.29) is 16.8 Å². The number of nitrogens with zero attached hydrogens (tertiary/aromatic N) is 1. The lowest BCUT2D eigenvalue weighted by Crippen LogP contribution is -2.33. The summed E-state index contributed by atoms with van der Waals surface area (Å²) in [5.41, 5.74) is 2.28. The molecule has 1 aliphatic rings. The molecule has 33 heavy (non-hydrogen) atoms. The van der Waals surface area contributed by atoms with Gasteiger partial charge in [-0.3, -0.25) is 4.79 Å². The van der Waals surface area contributed by atoms with Crippen molar-refractivity contribution in [3.05, 3.63) is 53.1 Å². The Labute approximate surface area is 202 Å². The maximum atomic E-state index is 13.3. The van der Waals surface area contributed by atoms with E-state index < -0.39 is 10.0 Å². The average molecular weight is 491 g/mol. The van der Waals surface area contributed by atoms with Crippen molar-refractivity contribution in [3.63, 3.8) is 0 Å². The second kappa shape index (κ2) is 11.4. The minimum absolute atomic E-state index is 0.0869. The standard InChI is InChI=1S/C25H34N2O4S2/c1-5-22(19-10-12-23(31-3)18(2)16-19)26-33(29,30)20-11-13-24(32-4)21(17-20)25(28)27-14-8-6-7-9-15-27/h10-13,16-17,22,26H,5-9,14-15H2,1-4H3. The van der Waals surface area contributed by atoms with Crippen LogP contribution in [0, 0.1) is 6.92 Å². The number of aryl methyl sites for hydroxylation is 1. The number of hydrogen-bond donors (Lipinski definition) is 1.